The maximum absolute atomic E-state index is 11.9. The van der Waals surface area contributed by atoms with Crippen molar-refractivity contribution >= 4 is 17.3 Å². The first-order valence-electron chi connectivity index (χ1n) is 6.83. The van der Waals surface area contributed by atoms with Crippen molar-refractivity contribution in [3.8, 4) is 0 Å². The summed E-state index contributed by atoms with van der Waals surface area (Å²) in [5.41, 5.74) is 0.658. The summed E-state index contributed by atoms with van der Waals surface area (Å²) in [6, 6.07) is 4.75. The minimum absolute atomic E-state index is 0.0635. The van der Waals surface area contributed by atoms with E-state index in [2.05, 4.69) is 0 Å². The molecule has 0 aliphatic heterocycles. The molecule has 0 heterocycles. The molecule has 1 N–H and O–H groups in total. The highest BCUT2D eigenvalue weighted by atomic mass is 16.6. The molecule has 0 unspecified atom stereocenters. The number of carbonyl (C=O) groups excluding carboxylic acids is 1. The molecule has 1 aromatic rings. The van der Waals surface area contributed by atoms with Gasteiger partial charge >= 0.3 is 0 Å². The van der Waals surface area contributed by atoms with E-state index < -0.39 is 4.92 Å². The van der Waals surface area contributed by atoms with Crippen molar-refractivity contribution in [1.82, 2.24) is 4.90 Å². The topological polar surface area (TPSA) is 86.9 Å². The number of hydrogen-bond acceptors (Lipinski definition) is 5. The van der Waals surface area contributed by atoms with Crippen molar-refractivity contribution in [2.75, 3.05) is 32.1 Å². The summed E-state index contributed by atoms with van der Waals surface area (Å²) in [7, 11) is 3.20. The zero-order valence-electron chi connectivity index (χ0n) is 12.2. The largest absolute Gasteiger partial charge is 0.395 e. The molecule has 1 aliphatic rings. The van der Waals surface area contributed by atoms with E-state index in [-0.39, 0.29) is 29.8 Å². The molecule has 0 saturated heterocycles. The zero-order valence-corrected chi connectivity index (χ0v) is 12.2. The van der Waals surface area contributed by atoms with Crippen LogP contribution in [0.3, 0.4) is 0 Å². The minimum Gasteiger partial charge on any atom is -0.395 e. The number of amides is 1. The van der Waals surface area contributed by atoms with Crippen LogP contribution in [0.15, 0.2) is 18.2 Å². The Bertz CT molecular complexity index is 555. The number of nitro benzene ring substituents is 1. The molecule has 1 fully saturated rings. The van der Waals surface area contributed by atoms with E-state index in [1.54, 1.807) is 26.2 Å². The number of anilines is 1. The molecule has 1 aliphatic carbocycles. The Balaban J connectivity index is 2.41. The fourth-order valence-corrected chi connectivity index (χ4v) is 2.30. The third kappa shape index (κ3) is 3.30. The Labute approximate surface area is 122 Å². The molecule has 7 nitrogen and oxygen atoms in total. The lowest BCUT2D eigenvalue weighted by atomic mass is 10.1. The van der Waals surface area contributed by atoms with Crippen LogP contribution >= 0.6 is 0 Å². The molecule has 21 heavy (non-hydrogen) atoms. The molecule has 1 aromatic carbocycles. The van der Waals surface area contributed by atoms with Gasteiger partial charge in [0.25, 0.3) is 11.6 Å². The number of nitro groups is 1. The van der Waals surface area contributed by atoms with Crippen LogP contribution in [0.25, 0.3) is 0 Å². The van der Waals surface area contributed by atoms with Gasteiger partial charge in [-0.2, -0.15) is 0 Å². The first-order valence-corrected chi connectivity index (χ1v) is 6.83. The number of carbonyl (C=O) groups is 1. The predicted octanol–water partition coefficient (Wildman–Crippen LogP) is 1.26. The van der Waals surface area contributed by atoms with Gasteiger partial charge in [0.2, 0.25) is 0 Å². The molecule has 114 valence electrons. The highest BCUT2D eigenvalue weighted by molar-refractivity contribution is 5.95. The third-order valence-electron chi connectivity index (χ3n) is 3.46. The Kier molecular flexibility index (Phi) is 4.42. The van der Waals surface area contributed by atoms with E-state index in [0.717, 1.165) is 12.8 Å². The summed E-state index contributed by atoms with van der Waals surface area (Å²) in [6.45, 7) is 0.290. The average molecular weight is 293 g/mol. The zero-order chi connectivity index (χ0) is 15.6. The van der Waals surface area contributed by atoms with Gasteiger partial charge in [-0.05, 0) is 25.0 Å². The van der Waals surface area contributed by atoms with Gasteiger partial charge in [-0.25, -0.2) is 0 Å². The fourth-order valence-electron chi connectivity index (χ4n) is 2.30. The van der Waals surface area contributed by atoms with Crippen LogP contribution in [0.2, 0.25) is 0 Å². The lowest BCUT2D eigenvalue weighted by Gasteiger charge is -2.23. The summed E-state index contributed by atoms with van der Waals surface area (Å²) in [4.78, 5) is 26.0. The third-order valence-corrected chi connectivity index (χ3v) is 3.46. The second-order valence-corrected chi connectivity index (χ2v) is 5.31. The molecular weight excluding hydrogens is 274 g/mol. The van der Waals surface area contributed by atoms with Gasteiger partial charge in [0.15, 0.2) is 0 Å². The van der Waals surface area contributed by atoms with Gasteiger partial charge in [0.05, 0.1) is 11.5 Å². The van der Waals surface area contributed by atoms with Gasteiger partial charge in [0, 0.05) is 38.3 Å². The summed E-state index contributed by atoms with van der Waals surface area (Å²) >= 11 is 0. The normalized spacial score (nSPS) is 13.9. The maximum Gasteiger partial charge on any atom is 0.293 e. The van der Waals surface area contributed by atoms with Gasteiger partial charge in [0.1, 0.15) is 5.69 Å². The van der Waals surface area contributed by atoms with Gasteiger partial charge < -0.3 is 14.9 Å². The molecular formula is C14H19N3O4. The molecule has 0 bridgehead atoms. The minimum atomic E-state index is -0.478. The molecule has 0 radical (unpaired) electrons. The van der Waals surface area contributed by atoms with E-state index in [9.17, 15) is 14.9 Å². The maximum atomic E-state index is 11.9. The van der Waals surface area contributed by atoms with Crippen molar-refractivity contribution < 1.29 is 14.8 Å². The summed E-state index contributed by atoms with van der Waals surface area (Å²) < 4.78 is 0. The molecule has 0 atom stereocenters. The average Bonchev–Trinajstić information content (AvgIpc) is 3.27. The van der Waals surface area contributed by atoms with Crippen LogP contribution in [0.1, 0.15) is 23.2 Å². The van der Waals surface area contributed by atoms with E-state index in [1.165, 1.54) is 11.0 Å². The number of rotatable bonds is 6. The monoisotopic (exact) mass is 293 g/mol. The van der Waals surface area contributed by atoms with E-state index in [0.29, 0.717) is 12.2 Å². The molecule has 0 aromatic heterocycles. The van der Waals surface area contributed by atoms with Gasteiger partial charge in [-0.15, -0.1) is 0 Å². The first-order chi connectivity index (χ1) is 9.95. The van der Waals surface area contributed by atoms with Crippen LogP contribution in [-0.4, -0.2) is 54.1 Å². The quantitative estimate of drug-likeness (QED) is 0.630. The molecule has 1 saturated carbocycles. The summed E-state index contributed by atoms with van der Waals surface area (Å²) in [5.74, 6) is -0.273. The number of aliphatic hydroxyl groups excluding tert-OH is 1. The van der Waals surface area contributed by atoms with E-state index in [1.807, 2.05) is 4.90 Å². The molecule has 0 spiro atoms. The van der Waals surface area contributed by atoms with Gasteiger partial charge in [-0.3, -0.25) is 14.9 Å². The van der Waals surface area contributed by atoms with Crippen molar-refractivity contribution in [2.24, 2.45) is 0 Å². The molecule has 7 heteroatoms. The van der Waals surface area contributed by atoms with Crippen LogP contribution < -0.4 is 4.90 Å². The van der Waals surface area contributed by atoms with Crippen molar-refractivity contribution in [2.45, 2.75) is 18.9 Å². The second-order valence-electron chi connectivity index (χ2n) is 5.31. The van der Waals surface area contributed by atoms with Crippen LogP contribution in [0, 0.1) is 10.1 Å². The molecule has 1 amide bonds. The first kappa shape index (κ1) is 15.2. The van der Waals surface area contributed by atoms with E-state index in [4.69, 9.17) is 5.11 Å². The Morgan fingerprint density at radius 1 is 1.43 bits per heavy atom. The highest BCUT2D eigenvalue weighted by Gasteiger charge is 2.33. The Hall–Kier alpha value is -2.15. The van der Waals surface area contributed by atoms with Crippen LogP contribution in [0.5, 0.6) is 0 Å². The smallest absolute Gasteiger partial charge is 0.293 e. The lowest BCUT2D eigenvalue weighted by Crippen LogP contribution is -2.29. The van der Waals surface area contributed by atoms with Gasteiger partial charge in [-0.1, -0.05) is 0 Å². The highest BCUT2D eigenvalue weighted by Crippen LogP contribution is 2.37. The van der Waals surface area contributed by atoms with Crippen molar-refractivity contribution in [3.05, 3.63) is 33.9 Å². The number of hydrogen-bond donors (Lipinski definition) is 1. The second kappa shape index (κ2) is 6.09. The Morgan fingerprint density at radius 3 is 2.57 bits per heavy atom. The summed E-state index contributed by atoms with van der Waals surface area (Å²) in [5, 5.41) is 20.5. The standard InChI is InChI=1S/C14H19N3O4/c1-15(2)14(19)10-3-6-12(13(9-10)17(20)21)16(7-8-18)11-4-5-11/h3,6,9,11,18H,4-5,7-8H2,1-2H3. The lowest BCUT2D eigenvalue weighted by molar-refractivity contribution is -0.384. The fraction of sp³-hybridized carbons (Fsp3) is 0.500. The van der Waals surface area contributed by atoms with Crippen LogP contribution in [-0.2, 0) is 0 Å². The molecule has 2 rings (SSSR count). The van der Waals surface area contributed by atoms with Crippen molar-refractivity contribution in [3.63, 3.8) is 0 Å². The van der Waals surface area contributed by atoms with Crippen molar-refractivity contribution in [1.29, 1.82) is 0 Å². The number of benzene rings is 1. The SMILES string of the molecule is CN(C)C(=O)c1ccc(N(CCO)C2CC2)c([N+](=O)[O-])c1. The summed E-state index contributed by atoms with van der Waals surface area (Å²) in [6.07, 6.45) is 1.94. The number of aliphatic hydroxyl groups is 1. The Morgan fingerprint density at radius 2 is 2.10 bits per heavy atom. The predicted molar refractivity (Wildman–Crippen MR) is 78.6 cm³/mol. The van der Waals surface area contributed by atoms with E-state index >= 15 is 0 Å². The number of nitrogens with zero attached hydrogens (tertiary/aromatic N) is 3. The van der Waals surface area contributed by atoms with Crippen LogP contribution in [0.4, 0.5) is 11.4 Å².